The zero-order valence-corrected chi connectivity index (χ0v) is 20.9. The molecule has 0 saturated carbocycles. The van der Waals surface area contributed by atoms with Crippen LogP contribution in [0.15, 0.2) is 105 Å². The topological polar surface area (TPSA) is 160 Å². The van der Waals surface area contributed by atoms with Crippen LogP contribution in [0, 0.1) is 0 Å². The van der Waals surface area contributed by atoms with E-state index in [1.807, 2.05) is 24.3 Å². The van der Waals surface area contributed by atoms with Gasteiger partial charge in [0.2, 0.25) is 0 Å². The highest BCUT2D eigenvalue weighted by molar-refractivity contribution is 5.68. The van der Waals surface area contributed by atoms with Crippen molar-refractivity contribution in [2.24, 2.45) is 20.5 Å². The fraction of sp³-hybridized carbons (Fsp3) is 0.143. The molecule has 1 aliphatic heterocycles. The number of benzene rings is 4. The van der Waals surface area contributed by atoms with Crippen molar-refractivity contribution in [3.05, 3.63) is 84.9 Å². The Morgan fingerprint density at radius 1 is 0.447 bits per heavy atom. The first-order valence-electron chi connectivity index (χ1n) is 12.3. The van der Waals surface area contributed by atoms with Crippen LogP contribution in [-0.2, 0) is 0 Å². The van der Waals surface area contributed by atoms with Gasteiger partial charge in [0.05, 0.1) is 22.7 Å². The Balaban J connectivity index is 1.15. The standard InChI is InChI=1S/C28H30N10/c29-19-1-11-27(25(31)17-19)35-33-21-3-7-23(8-4-21)37-13-15-38(16-14-37)24-9-5-22(6-10-24)34-36-28-12-2-20(30)18-26(28)32/h1-12,17-18H,13-16,29-32H2. The molecular weight excluding hydrogens is 476 g/mol. The first-order valence-corrected chi connectivity index (χ1v) is 12.3. The molecule has 4 aromatic carbocycles. The lowest BCUT2D eigenvalue weighted by Gasteiger charge is -2.37. The summed E-state index contributed by atoms with van der Waals surface area (Å²) in [5, 5.41) is 17.1. The Hall–Kier alpha value is -5.12. The average molecular weight is 507 g/mol. The van der Waals surface area contributed by atoms with Gasteiger partial charge in [-0.1, -0.05) is 0 Å². The highest BCUT2D eigenvalue weighted by Gasteiger charge is 2.17. The van der Waals surface area contributed by atoms with Crippen molar-refractivity contribution in [3.8, 4) is 0 Å². The molecule has 8 N–H and O–H groups in total. The first-order chi connectivity index (χ1) is 18.4. The highest BCUT2D eigenvalue weighted by Crippen LogP contribution is 2.29. The Morgan fingerprint density at radius 3 is 1.16 bits per heavy atom. The zero-order valence-electron chi connectivity index (χ0n) is 20.9. The van der Waals surface area contributed by atoms with Crippen molar-refractivity contribution in [1.29, 1.82) is 0 Å². The van der Waals surface area contributed by atoms with Crippen molar-refractivity contribution in [1.82, 2.24) is 0 Å². The number of piperazine rings is 1. The molecule has 0 aliphatic carbocycles. The second kappa shape index (κ2) is 10.9. The van der Waals surface area contributed by atoms with E-state index < -0.39 is 0 Å². The van der Waals surface area contributed by atoms with Crippen molar-refractivity contribution in [2.75, 3.05) is 58.9 Å². The Morgan fingerprint density at radius 2 is 0.816 bits per heavy atom. The Kier molecular flexibility index (Phi) is 7.03. The number of nitrogen functional groups attached to an aromatic ring is 4. The van der Waals surface area contributed by atoms with E-state index in [2.05, 4.69) is 54.5 Å². The molecule has 4 aromatic rings. The Bertz CT molecular complexity index is 1340. The minimum absolute atomic E-state index is 0.505. The normalized spacial score (nSPS) is 14.0. The van der Waals surface area contributed by atoms with Gasteiger partial charge in [0.1, 0.15) is 11.4 Å². The van der Waals surface area contributed by atoms with Gasteiger partial charge in [0, 0.05) is 48.9 Å². The molecule has 0 atom stereocenters. The minimum Gasteiger partial charge on any atom is -0.399 e. The molecule has 1 aliphatic rings. The molecule has 0 bridgehead atoms. The van der Waals surface area contributed by atoms with Gasteiger partial charge in [0.25, 0.3) is 0 Å². The quantitative estimate of drug-likeness (QED) is 0.181. The molecule has 10 nitrogen and oxygen atoms in total. The maximum atomic E-state index is 5.95. The summed E-state index contributed by atoms with van der Waals surface area (Å²) in [7, 11) is 0. The van der Waals surface area contributed by atoms with Gasteiger partial charge < -0.3 is 32.7 Å². The summed E-state index contributed by atoms with van der Waals surface area (Å²) in [5.74, 6) is 0. The van der Waals surface area contributed by atoms with Gasteiger partial charge in [-0.2, -0.15) is 10.2 Å². The molecule has 0 unspecified atom stereocenters. The number of rotatable bonds is 6. The van der Waals surface area contributed by atoms with Crippen LogP contribution < -0.4 is 32.7 Å². The second-order valence-electron chi connectivity index (χ2n) is 9.04. The lowest BCUT2D eigenvalue weighted by molar-refractivity contribution is 0.653. The fourth-order valence-corrected chi connectivity index (χ4v) is 4.23. The van der Waals surface area contributed by atoms with Crippen LogP contribution in [0.25, 0.3) is 0 Å². The van der Waals surface area contributed by atoms with Crippen molar-refractivity contribution in [3.63, 3.8) is 0 Å². The van der Waals surface area contributed by atoms with E-state index in [1.54, 1.807) is 36.4 Å². The maximum absolute atomic E-state index is 5.95. The van der Waals surface area contributed by atoms with Crippen molar-refractivity contribution in [2.45, 2.75) is 0 Å². The third-order valence-corrected chi connectivity index (χ3v) is 6.36. The third kappa shape index (κ3) is 5.81. The van der Waals surface area contributed by atoms with E-state index in [0.29, 0.717) is 34.1 Å². The predicted molar refractivity (Wildman–Crippen MR) is 156 cm³/mol. The molecule has 0 amide bonds. The molecule has 1 fully saturated rings. The number of hydrogen-bond donors (Lipinski definition) is 4. The number of hydrogen-bond acceptors (Lipinski definition) is 10. The van der Waals surface area contributed by atoms with Gasteiger partial charge >= 0.3 is 0 Å². The number of anilines is 6. The number of azo groups is 2. The average Bonchev–Trinajstić information content (AvgIpc) is 2.93. The Labute approximate surface area is 221 Å². The molecule has 0 aromatic heterocycles. The summed E-state index contributed by atoms with van der Waals surface area (Å²) in [6, 6.07) is 26.5. The largest absolute Gasteiger partial charge is 0.399 e. The van der Waals surface area contributed by atoms with Crippen LogP contribution in [0.1, 0.15) is 0 Å². The number of nitrogens with zero attached hydrogens (tertiary/aromatic N) is 6. The molecule has 1 heterocycles. The van der Waals surface area contributed by atoms with Crippen LogP contribution in [0.3, 0.4) is 0 Å². The van der Waals surface area contributed by atoms with E-state index in [4.69, 9.17) is 22.9 Å². The summed E-state index contributed by atoms with van der Waals surface area (Å²) < 4.78 is 0. The summed E-state index contributed by atoms with van der Waals surface area (Å²) >= 11 is 0. The molecule has 0 radical (unpaired) electrons. The van der Waals surface area contributed by atoms with E-state index >= 15 is 0 Å². The van der Waals surface area contributed by atoms with Gasteiger partial charge in [0.15, 0.2) is 0 Å². The minimum atomic E-state index is 0.505. The van der Waals surface area contributed by atoms with Gasteiger partial charge in [-0.3, -0.25) is 0 Å². The fourth-order valence-electron chi connectivity index (χ4n) is 4.23. The monoisotopic (exact) mass is 506 g/mol. The zero-order chi connectivity index (χ0) is 26.5. The van der Waals surface area contributed by atoms with Gasteiger partial charge in [-0.15, -0.1) is 10.2 Å². The molecular formula is C28H30N10. The molecule has 10 heteroatoms. The van der Waals surface area contributed by atoms with E-state index in [-0.39, 0.29) is 0 Å². The van der Waals surface area contributed by atoms with Crippen LogP contribution in [-0.4, -0.2) is 26.2 Å². The molecule has 1 saturated heterocycles. The SMILES string of the molecule is Nc1ccc(N=Nc2ccc(N3CCN(c4ccc(N=Nc5ccc(N)cc5N)cc4)CC3)cc2)c(N)c1. The number of nitrogens with two attached hydrogens (primary N) is 4. The second-order valence-corrected chi connectivity index (χ2v) is 9.04. The summed E-state index contributed by atoms with van der Waals surface area (Å²) in [6.07, 6.45) is 0. The van der Waals surface area contributed by atoms with Crippen LogP contribution >= 0.6 is 0 Å². The van der Waals surface area contributed by atoms with Crippen LogP contribution in [0.4, 0.5) is 56.9 Å². The first kappa shape index (κ1) is 24.6. The summed E-state index contributed by atoms with van der Waals surface area (Å²) in [5.41, 5.74) is 30.6. The van der Waals surface area contributed by atoms with Crippen molar-refractivity contribution < 1.29 is 0 Å². The van der Waals surface area contributed by atoms with E-state index in [1.165, 1.54) is 0 Å². The van der Waals surface area contributed by atoms with Gasteiger partial charge in [-0.05, 0) is 84.9 Å². The van der Waals surface area contributed by atoms with Crippen molar-refractivity contribution >= 4 is 56.9 Å². The smallest absolute Gasteiger partial charge is 0.109 e. The van der Waals surface area contributed by atoms with Gasteiger partial charge in [-0.25, -0.2) is 0 Å². The van der Waals surface area contributed by atoms with Crippen LogP contribution in [0.5, 0.6) is 0 Å². The molecule has 38 heavy (non-hydrogen) atoms. The lowest BCUT2D eigenvalue weighted by atomic mass is 10.2. The lowest BCUT2D eigenvalue weighted by Crippen LogP contribution is -2.46. The maximum Gasteiger partial charge on any atom is 0.109 e. The van der Waals surface area contributed by atoms with Crippen LogP contribution in [0.2, 0.25) is 0 Å². The van der Waals surface area contributed by atoms with E-state index in [9.17, 15) is 0 Å². The molecule has 5 rings (SSSR count). The summed E-state index contributed by atoms with van der Waals surface area (Å²) in [6.45, 7) is 3.67. The predicted octanol–water partition coefficient (Wildman–Crippen LogP) is 6.17. The molecule has 0 spiro atoms. The molecule has 192 valence electrons. The highest BCUT2D eigenvalue weighted by atomic mass is 15.3. The van der Waals surface area contributed by atoms with E-state index in [0.717, 1.165) is 48.9 Å². The third-order valence-electron chi connectivity index (χ3n) is 6.36. The summed E-state index contributed by atoms with van der Waals surface area (Å²) in [4.78, 5) is 4.74.